The van der Waals surface area contributed by atoms with E-state index in [-0.39, 0.29) is 0 Å². The van der Waals surface area contributed by atoms with Gasteiger partial charge in [-0.1, -0.05) is 0 Å². The number of esters is 2. The molecule has 0 fully saturated rings. The second-order valence-corrected chi connectivity index (χ2v) is 2.68. The van der Waals surface area contributed by atoms with E-state index in [0.717, 1.165) is 14.2 Å². The first-order chi connectivity index (χ1) is 7.31. The minimum absolute atomic E-state index is 0.459. The summed E-state index contributed by atoms with van der Waals surface area (Å²) in [4.78, 5) is 22.0. The van der Waals surface area contributed by atoms with Gasteiger partial charge in [0, 0.05) is 0 Å². The second-order valence-electron chi connectivity index (χ2n) is 2.68. The molecule has 0 aliphatic heterocycles. The van der Waals surface area contributed by atoms with Gasteiger partial charge in [0.05, 0.1) is 20.8 Å². The standard InChI is InChI=1S/C8H11F3O5/c1-14-6(12)5(7(13)15-2)3-4-16-8(9,10)11/h5H,3-4H2,1-2H3. The van der Waals surface area contributed by atoms with Crippen LogP contribution in [0.4, 0.5) is 13.2 Å². The zero-order chi connectivity index (χ0) is 12.8. The zero-order valence-corrected chi connectivity index (χ0v) is 8.67. The van der Waals surface area contributed by atoms with Crippen LogP contribution in [-0.4, -0.2) is 39.1 Å². The number of ether oxygens (including phenoxy) is 3. The van der Waals surface area contributed by atoms with E-state index >= 15 is 0 Å². The number of hydrogen-bond acceptors (Lipinski definition) is 5. The SMILES string of the molecule is COC(=O)C(CCOC(F)(F)F)C(=O)OC. The number of alkyl halides is 3. The molecule has 0 aromatic rings. The Hall–Kier alpha value is -1.31. The quantitative estimate of drug-likeness (QED) is 0.530. The molecule has 0 heterocycles. The van der Waals surface area contributed by atoms with Gasteiger partial charge in [-0.2, -0.15) is 0 Å². The van der Waals surface area contributed by atoms with Gasteiger partial charge in [-0.15, -0.1) is 13.2 Å². The summed E-state index contributed by atoms with van der Waals surface area (Å²) in [5.41, 5.74) is 0. The number of carbonyl (C=O) groups excluding carboxylic acids is 2. The van der Waals surface area contributed by atoms with Gasteiger partial charge in [0.15, 0.2) is 5.92 Å². The third kappa shape index (κ3) is 5.54. The lowest BCUT2D eigenvalue weighted by molar-refractivity contribution is -0.325. The number of hydrogen-bond donors (Lipinski definition) is 0. The third-order valence-electron chi connectivity index (χ3n) is 1.64. The van der Waals surface area contributed by atoms with Crippen molar-refractivity contribution in [3.63, 3.8) is 0 Å². The normalized spacial score (nSPS) is 11.4. The predicted octanol–water partition coefficient (Wildman–Crippen LogP) is 0.875. The number of halogens is 3. The summed E-state index contributed by atoms with van der Waals surface area (Å²) >= 11 is 0. The molecule has 0 saturated carbocycles. The fourth-order valence-corrected chi connectivity index (χ4v) is 0.909. The first kappa shape index (κ1) is 14.7. The Balaban J connectivity index is 4.24. The van der Waals surface area contributed by atoms with Crippen molar-refractivity contribution in [1.29, 1.82) is 0 Å². The van der Waals surface area contributed by atoms with Crippen LogP contribution in [0.1, 0.15) is 6.42 Å². The summed E-state index contributed by atoms with van der Waals surface area (Å²) in [7, 11) is 2.03. The Morgan fingerprint density at radius 3 is 1.88 bits per heavy atom. The minimum Gasteiger partial charge on any atom is -0.468 e. The third-order valence-corrected chi connectivity index (χ3v) is 1.64. The molecule has 8 heteroatoms. The van der Waals surface area contributed by atoms with E-state index in [9.17, 15) is 22.8 Å². The van der Waals surface area contributed by atoms with Crippen LogP contribution in [0.5, 0.6) is 0 Å². The highest BCUT2D eigenvalue weighted by Crippen LogP contribution is 2.18. The lowest BCUT2D eigenvalue weighted by Crippen LogP contribution is -2.28. The van der Waals surface area contributed by atoms with Crippen LogP contribution >= 0.6 is 0 Å². The van der Waals surface area contributed by atoms with Gasteiger partial charge in [0.1, 0.15) is 0 Å². The summed E-state index contributed by atoms with van der Waals surface area (Å²) in [6.45, 7) is -0.821. The average molecular weight is 244 g/mol. The maximum atomic E-state index is 11.6. The predicted molar refractivity (Wildman–Crippen MR) is 44.1 cm³/mol. The fraction of sp³-hybridized carbons (Fsp3) is 0.750. The highest BCUT2D eigenvalue weighted by atomic mass is 19.4. The van der Waals surface area contributed by atoms with E-state index in [0.29, 0.717) is 0 Å². The summed E-state index contributed by atoms with van der Waals surface area (Å²) in [6, 6.07) is 0. The monoisotopic (exact) mass is 244 g/mol. The molecule has 0 N–H and O–H groups in total. The molecule has 0 amide bonds. The molecular formula is C8H11F3O5. The Kier molecular flexibility index (Phi) is 5.79. The summed E-state index contributed by atoms with van der Waals surface area (Å²) in [6.07, 6.45) is -5.25. The van der Waals surface area contributed by atoms with Crippen LogP contribution < -0.4 is 0 Å². The van der Waals surface area contributed by atoms with Gasteiger partial charge < -0.3 is 9.47 Å². The lowest BCUT2D eigenvalue weighted by atomic mass is 10.1. The largest absolute Gasteiger partial charge is 0.522 e. The number of carbonyl (C=O) groups is 2. The van der Waals surface area contributed by atoms with Gasteiger partial charge in [-0.25, -0.2) is 0 Å². The molecular weight excluding hydrogens is 233 g/mol. The molecule has 0 bridgehead atoms. The molecule has 0 spiro atoms. The molecule has 0 aromatic heterocycles. The second kappa shape index (κ2) is 6.31. The molecule has 0 radical (unpaired) electrons. The molecule has 0 aliphatic rings. The van der Waals surface area contributed by atoms with E-state index in [1.807, 2.05) is 0 Å². The van der Waals surface area contributed by atoms with Crippen molar-refractivity contribution < 1.29 is 37.0 Å². The van der Waals surface area contributed by atoms with E-state index in [4.69, 9.17) is 0 Å². The molecule has 0 unspecified atom stereocenters. The Labute approximate surface area is 89.5 Å². The fourth-order valence-electron chi connectivity index (χ4n) is 0.909. The van der Waals surface area contributed by atoms with Gasteiger partial charge in [0.25, 0.3) is 0 Å². The summed E-state index contributed by atoms with van der Waals surface area (Å²) < 4.78 is 46.8. The average Bonchev–Trinajstić information content (AvgIpc) is 2.21. The minimum atomic E-state index is -4.79. The Morgan fingerprint density at radius 2 is 1.56 bits per heavy atom. The van der Waals surface area contributed by atoms with Crippen LogP contribution in [0.15, 0.2) is 0 Å². The van der Waals surface area contributed by atoms with Gasteiger partial charge in [0.2, 0.25) is 0 Å². The van der Waals surface area contributed by atoms with E-state index in [1.54, 1.807) is 0 Å². The van der Waals surface area contributed by atoms with Crippen LogP contribution in [0.25, 0.3) is 0 Å². The topological polar surface area (TPSA) is 61.8 Å². The van der Waals surface area contributed by atoms with Crippen LogP contribution in [-0.2, 0) is 23.8 Å². The highest BCUT2D eigenvalue weighted by Gasteiger charge is 2.33. The van der Waals surface area contributed by atoms with Crippen molar-refractivity contribution in [3.05, 3.63) is 0 Å². The first-order valence-corrected chi connectivity index (χ1v) is 4.18. The zero-order valence-electron chi connectivity index (χ0n) is 8.67. The van der Waals surface area contributed by atoms with Crippen LogP contribution in [0.2, 0.25) is 0 Å². The van der Waals surface area contributed by atoms with Crippen LogP contribution in [0.3, 0.4) is 0 Å². The lowest BCUT2D eigenvalue weighted by Gasteiger charge is -2.13. The van der Waals surface area contributed by atoms with Crippen molar-refractivity contribution in [2.24, 2.45) is 5.92 Å². The maximum absolute atomic E-state index is 11.6. The molecule has 16 heavy (non-hydrogen) atoms. The van der Waals surface area contributed by atoms with E-state index in [1.165, 1.54) is 0 Å². The van der Waals surface area contributed by atoms with Gasteiger partial charge in [-0.05, 0) is 6.42 Å². The van der Waals surface area contributed by atoms with Crippen molar-refractivity contribution in [2.45, 2.75) is 12.8 Å². The van der Waals surface area contributed by atoms with E-state index < -0.39 is 37.2 Å². The molecule has 0 aliphatic carbocycles. The molecule has 0 aromatic carbocycles. The smallest absolute Gasteiger partial charge is 0.468 e. The Morgan fingerprint density at radius 1 is 1.12 bits per heavy atom. The molecule has 0 saturated heterocycles. The molecule has 94 valence electrons. The maximum Gasteiger partial charge on any atom is 0.522 e. The van der Waals surface area contributed by atoms with Crippen molar-refractivity contribution >= 4 is 11.9 Å². The number of methoxy groups -OCH3 is 2. The van der Waals surface area contributed by atoms with Crippen molar-refractivity contribution in [2.75, 3.05) is 20.8 Å². The van der Waals surface area contributed by atoms with E-state index in [2.05, 4.69) is 14.2 Å². The van der Waals surface area contributed by atoms with Crippen molar-refractivity contribution in [3.8, 4) is 0 Å². The van der Waals surface area contributed by atoms with Crippen molar-refractivity contribution in [1.82, 2.24) is 0 Å². The van der Waals surface area contributed by atoms with Gasteiger partial charge >= 0.3 is 18.3 Å². The molecule has 5 nitrogen and oxygen atoms in total. The summed E-state index contributed by atoms with van der Waals surface area (Å²) in [5.74, 6) is -3.33. The van der Waals surface area contributed by atoms with Crippen LogP contribution in [0, 0.1) is 5.92 Å². The number of rotatable bonds is 5. The summed E-state index contributed by atoms with van der Waals surface area (Å²) in [5, 5.41) is 0. The highest BCUT2D eigenvalue weighted by molar-refractivity contribution is 5.94. The Bertz CT molecular complexity index is 235. The van der Waals surface area contributed by atoms with Gasteiger partial charge in [-0.3, -0.25) is 14.3 Å². The molecule has 0 atom stereocenters. The first-order valence-electron chi connectivity index (χ1n) is 4.18. The molecule has 0 rings (SSSR count).